The van der Waals surface area contributed by atoms with Gasteiger partial charge in [-0.05, 0) is 45.7 Å². The molecule has 0 spiro atoms. The van der Waals surface area contributed by atoms with E-state index in [4.69, 9.17) is 15.2 Å². The Labute approximate surface area is 137 Å². The summed E-state index contributed by atoms with van der Waals surface area (Å²) >= 11 is 0. The molecule has 0 radical (unpaired) electrons. The first-order chi connectivity index (χ1) is 10.8. The van der Waals surface area contributed by atoms with Crippen molar-refractivity contribution in [2.75, 3.05) is 30.8 Å². The van der Waals surface area contributed by atoms with Crippen molar-refractivity contribution < 1.29 is 14.3 Å². The van der Waals surface area contributed by atoms with Crippen molar-refractivity contribution in [1.29, 1.82) is 0 Å². The fraction of sp³-hybridized carbons (Fsp3) is 0.588. The zero-order chi connectivity index (χ0) is 17.0. The van der Waals surface area contributed by atoms with Gasteiger partial charge in [0.1, 0.15) is 11.4 Å². The number of carbonyl (C=O) groups excluding carboxylic acids is 1. The van der Waals surface area contributed by atoms with Gasteiger partial charge in [-0.25, -0.2) is 4.79 Å². The third-order valence-electron chi connectivity index (χ3n) is 3.72. The minimum Gasteiger partial charge on any atom is -0.495 e. The molecule has 1 amide bonds. The van der Waals surface area contributed by atoms with Crippen LogP contribution < -0.4 is 20.7 Å². The van der Waals surface area contributed by atoms with Gasteiger partial charge >= 0.3 is 6.09 Å². The number of nitrogen functional groups attached to an aromatic ring is 1. The van der Waals surface area contributed by atoms with Crippen LogP contribution in [0.1, 0.15) is 33.6 Å². The van der Waals surface area contributed by atoms with Crippen LogP contribution in [-0.4, -0.2) is 37.9 Å². The summed E-state index contributed by atoms with van der Waals surface area (Å²) in [5.41, 5.74) is 7.05. The van der Waals surface area contributed by atoms with E-state index in [9.17, 15) is 4.79 Å². The van der Waals surface area contributed by atoms with Gasteiger partial charge < -0.3 is 25.4 Å². The number of ether oxygens (including phenoxy) is 2. The van der Waals surface area contributed by atoms with Crippen LogP contribution in [0.3, 0.4) is 0 Å². The number of nitrogens with two attached hydrogens (primary N) is 1. The van der Waals surface area contributed by atoms with Gasteiger partial charge in [-0.15, -0.1) is 0 Å². The van der Waals surface area contributed by atoms with E-state index in [2.05, 4.69) is 10.2 Å². The molecule has 2 rings (SSSR count). The predicted molar refractivity (Wildman–Crippen MR) is 92.0 cm³/mol. The Bertz CT molecular complexity index is 555. The molecule has 1 aromatic carbocycles. The maximum Gasteiger partial charge on any atom is 0.407 e. The average molecular weight is 321 g/mol. The lowest BCUT2D eigenvalue weighted by atomic mass is 10.0. The van der Waals surface area contributed by atoms with Crippen LogP contribution in [-0.2, 0) is 4.74 Å². The first kappa shape index (κ1) is 17.2. The lowest BCUT2D eigenvalue weighted by Crippen LogP contribution is -2.49. The van der Waals surface area contributed by atoms with Crippen LogP contribution in [0.15, 0.2) is 18.2 Å². The molecule has 1 atom stereocenters. The van der Waals surface area contributed by atoms with E-state index in [1.165, 1.54) is 0 Å². The molecule has 1 aliphatic heterocycles. The molecule has 1 unspecified atom stereocenters. The highest BCUT2D eigenvalue weighted by molar-refractivity contribution is 5.68. The summed E-state index contributed by atoms with van der Waals surface area (Å²) in [6.07, 6.45) is 1.59. The summed E-state index contributed by atoms with van der Waals surface area (Å²) < 4.78 is 10.6. The number of amides is 1. The smallest absolute Gasteiger partial charge is 0.407 e. The topological polar surface area (TPSA) is 76.8 Å². The van der Waals surface area contributed by atoms with Crippen LogP contribution in [0.2, 0.25) is 0 Å². The number of carbonyl (C=O) groups is 1. The molecule has 3 N–H and O–H groups in total. The highest BCUT2D eigenvalue weighted by Gasteiger charge is 2.24. The van der Waals surface area contributed by atoms with Gasteiger partial charge in [0.15, 0.2) is 0 Å². The number of alkyl carbamates (subject to hydrolysis) is 1. The Morgan fingerprint density at radius 3 is 2.78 bits per heavy atom. The second kappa shape index (κ2) is 6.98. The van der Waals surface area contributed by atoms with Gasteiger partial charge in [-0.3, -0.25) is 0 Å². The number of rotatable bonds is 3. The van der Waals surface area contributed by atoms with Crippen molar-refractivity contribution in [1.82, 2.24) is 5.32 Å². The summed E-state index contributed by atoms with van der Waals surface area (Å²) in [7, 11) is 1.61. The predicted octanol–water partition coefficient (Wildman–Crippen LogP) is 2.77. The maximum absolute atomic E-state index is 11.9. The zero-order valence-electron chi connectivity index (χ0n) is 14.4. The van der Waals surface area contributed by atoms with E-state index in [-0.39, 0.29) is 12.1 Å². The first-order valence-corrected chi connectivity index (χ1v) is 7.96. The molecule has 6 nitrogen and oxygen atoms in total. The number of nitrogens with one attached hydrogen (secondary N) is 1. The number of hydrogen-bond acceptors (Lipinski definition) is 5. The summed E-state index contributed by atoms with van der Waals surface area (Å²) in [5, 5.41) is 2.96. The van der Waals surface area contributed by atoms with Crippen molar-refractivity contribution in [2.45, 2.75) is 45.3 Å². The molecule has 0 saturated carbocycles. The molecule has 23 heavy (non-hydrogen) atoms. The van der Waals surface area contributed by atoms with Crippen molar-refractivity contribution in [3.63, 3.8) is 0 Å². The van der Waals surface area contributed by atoms with Gasteiger partial charge in [0.2, 0.25) is 0 Å². The third kappa shape index (κ3) is 4.94. The number of nitrogens with zero attached hydrogens (tertiary/aromatic N) is 1. The molecule has 1 saturated heterocycles. The number of methoxy groups -OCH3 is 1. The summed E-state index contributed by atoms with van der Waals surface area (Å²) in [6.45, 7) is 7.27. The van der Waals surface area contributed by atoms with Crippen LogP contribution in [0.25, 0.3) is 0 Å². The standard InChI is InChI=1S/C17H27N3O3/c1-17(2,3)23-16(21)19-12-6-5-9-20(11-12)13-7-8-14(18)15(10-13)22-4/h7-8,10,12H,5-6,9,11,18H2,1-4H3,(H,19,21). The van der Waals surface area contributed by atoms with Crippen molar-refractivity contribution >= 4 is 17.5 Å². The van der Waals surface area contributed by atoms with E-state index in [0.717, 1.165) is 31.6 Å². The van der Waals surface area contributed by atoms with Gasteiger partial charge in [-0.2, -0.15) is 0 Å². The minimum absolute atomic E-state index is 0.0714. The summed E-state index contributed by atoms with van der Waals surface area (Å²) in [5.74, 6) is 0.671. The first-order valence-electron chi connectivity index (χ1n) is 7.96. The Hall–Kier alpha value is -2.11. The molecule has 1 aliphatic rings. The minimum atomic E-state index is -0.483. The third-order valence-corrected chi connectivity index (χ3v) is 3.72. The van der Waals surface area contributed by atoms with Crippen LogP contribution in [0.5, 0.6) is 5.75 Å². The highest BCUT2D eigenvalue weighted by atomic mass is 16.6. The van der Waals surface area contributed by atoms with Crippen molar-refractivity contribution in [3.05, 3.63) is 18.2 Å². The molecule has 0 aliphatic carbocycles. The second-order valence-corrected chi connectivity index (χ2v) is 6.86. The number of benzene rings is 1. The lowest BCUT2D eigenvalue weighted by Gasteiger charge is -2.35. The molecule has 0 bridgehead atoms. The average Bonchev–Trinajstić information content (AvgIpc) is 2.46. The highest BCUT2D eigenvalue weighted by Crippen LogP contribution is 2.29. The van der Waals surface area contributed by atoms with E-state index in [1.54, 1.807) is 7.11 Å². The lowest BCUT2D eigenvalue weighted by molar-refractivity contribution is 0.0500. The fourth-order valence-corrected chi connectivity index (χ4v) is 2.70. The molecule has 0 aromatic heterocycles. The molecule has 1 heterocycles. The maximum atomic E-state index is 11.9. The van der Waals surface area contributed by atoms with Crippen LogP contribution in [0.4, 0.5) is 16.2 Å². The van der Waals surface area contributed by atoms with Crippen LogP contribution in [0, 0.1) is 0 Å². The number of piperidine rings is 1. The van der Waals surface area contributed by atoms with Gasteiger partial charge in [0, 0.05) is 30.9 Å². The monoisotopic (exact) mass is 321 g/mol. The van der Waals surface area contributed by atoms with Crippen molar-refractivity contribution in [2.24, 2.45) is 0 Å². The number of anilines is 2. The summed E-state index contributed by atoms with van der Waals surface area (Å²) in [6, 6.07) is 5.83. The Balaban J connectivity index is 1.99. The molecule has 1 fully saturated rings. The van der Waals surface area contributed by atoms with E-state index in [0.29, 0.717) is 11.4 Å². The van der Waals surface area contributed by atoms with Gasteiger partial charge in [-0.1, -0.05) is 0 Å². The fourth-order valence-electron chi connectivity index (χ4n) is 2.70. The summed E-state index contributed by atoms with van der Waals surface area (Å²) in [4.78, 5) is 14.2. The Morgan fingerprint density at radius 2 is 2.13 bits per heavy atom. The molecule has 128 valence electrons. The van der Waals surface area contributed by atoms with E-state index >= 15 is 0 Å². The van der Waals surface area contributed by atoms with Crippen molar-refractivity contribution in [3.8, 4) is 5.75 Å². The molecular formula is C17H27N3O3. The van der Waals surface area contributed by atoms with E-state index in [1.807, 2.05) is 39.0 Å². The molecule has 6 heteroatoms. The normalized spacial score (nSPS) is 18.4. The SMILES string of the molecule is COc1cc(N2CCCC(NC(=O)OC(C)(C)C)C2)ccc1N. The molecule has 1 aromatic rings. The number of hydrogen-bond donors (Lipinski definition) is 2. The second-order valence-electron chi connectivity index (χ2n) is 6.86. The Kier molecular flexibility index (Phi) is 5.23. The van der Waals surface area contributed by atoms with Gasteiger partial charge in [0.05, 0.1) is 12.8 Å². The zero-order valence-corrected chi connectivity index (χ0v) is 14.4. The largest absolute Gasteiger partial charge is 0.495 e. The Morgan fingerprint density at radius 1 is 1.39 bits per heavy atom. The van der Waals surface area contributed by atoms with E-state index < -0.39 is 5.60 Å². The molecular weight excluding hydrogens is 294 g/mol. The van der Waals surface area contributed by atoms with Crippen LogP contribution >= 0.6 is 0 Å². The quantitative estimate of drug-likeness (QED) is 0.837. The van der Waals surface area contributed by atoms with Gasteiger partial charge in [0.25, 0.3) is 0 Å².